The Balaban J connectivity index is 1.80. The fraction of sp³-hybridized carbons (Fsp3) is 0.231. The maximum atomic E-state index is 11.4. The molecule has 2 rings (SSSR count). The molecule has 2 aromatic rings. The van der Waals surface area contributed by atoms with Crippen LogP contribution >= 0.6 is 11.8 Å². The van der Waals surface area contributed by atoms with Gasteiger partial charge in [0.15, 0.2) is 0 Å². The molecule has 110 valence electrons. The molecule has 3 N–H and O–H groups in total. The zero-order valence-corrected chi connectivity index (χ0v) is 11.9. The lowest BCUT2D eigenvalue weighted by molar-refractivity contribution is -0.123. The van der Waals surface area contributed by atoms with Gasteiger partial charge >= 0.3 is 0 Å². The van der Waals surface area contributed by atoms with Gasteiger partial charge in [-0.3, -0.25) is 9.59 Å². The van der Waals surface area contributed by atoms with Crippen LogP contribution in [0.1, 0.15) is 11.5 Å². The summed E-state index contributed by atoms with van der Waals surface area (Å²) in [6.07, 6.45) is 0.544. The largest absolute Gasteiger partial charge is 0.416 e. The van der Waals surface area contributed by atoms with Crippen LogP contribution in [0.5, 0.6) is 0 Å². The summed E-state index contributed by atoms with van der Waals surface area (Å²) >= 11 is 1.11. The molecular formula is C13H14N4O3S. The van der Waals surface area contributed by atoms with Crippen molar-refractivity contribution in [3.05, 3.63) is 41.8 Å². The summed E-state index contributed by atoms with van der Waals surface area (Å²) in [6, 6.07) is 9.74. The van der Waals surface area contributed by atoms with E-state index in [4.69, 9.17) is 10.2 Å². The van der Waals surface area contributed by atoms with Crippen LogP contribution in [0.2, 0.25) is 0 Å². The lowest BCUT2D eigenvalue weighted by Crippen LogP contribution is -2.34. The smallest absolute Gasteiger partial charge is 0.277 e. The highest BCUT2D eigenvalue weighted by molar-refractivity contribution is 7.99. The van der Waals surface area contributed by atoms with E-state index in [2.05, 4.69) is 15.5 Å². The Bertz CT molecular complexity index is 615. The van der Waals surface area contributed by atoms with Crippen LogP contribution in [0.25, 0.3) is 0 Å². The first-order chi connectivity index (χ1) is 10.1. The quantitative estimate of drug-likeness (QED) is 0.714. The highest BCUT2D eigenvalue weighted by Gasteiger charge is 2.10. The molecule has 2 amide bonds. The summed E-state index contributed by atoms with van der Waals surface area (Å²) in [7, 11) is 0. The minimum Gasteiger partial charge on any atom is -0.416 e. The third-order valence-corrected chi connectivity index (χ3v) is 3.25. The van der Waals surface area contributed by atoms with Gasteiger partial charge in [0.25, 0.3) is 5.22 Å². The molecule has 0 bridgehead atoms. The molecule has 0 atom stereocenters. The van der Waals surface area contributed by atoms with Gasteiger partial charge in [-0.2, -0.15) is 0 Å². The van der Waals surface area contributed by atoms with Crippen LogP contribution in [0.4, 0.5) is 0 Å². The van der Waals surface area contributed by atoms with Crippen LogP contribution in [0.3, 0.4) is 0 Å². The van der Waals surface area contributed by atoms with E-state index in [-0.39, 0.29) is 18.2 Å². The number of carbonyl (C=O) groups is 2. The Labute approximate surface area is 125 Å². The summed E-state index contributed by atoms with van der Waals surface area (Å²) in [5.74, 6) is -0.334. The van der Waals surface area contributed by atoms with Gasteiger partial charge in [0.05, 0.1) is 18.7 Å². The van der Waals surface area contributed by atoms with Crippen molar-refractivity contribution in [2.45, 2.75) is 11.6 Å². The zero-order chi connectivity index (χ0) is 15.1. The second kappa shape index (κ2) is 7.44. The van der Waals surface area contributed by atoms with Crippen molar-refractivity contribution in [2.24, 2.45) is 5.73 Å². The number of rotatable bonds is 7. The zero-order valence-electron chi connectivity index (χ0n) is 11.1. The van der Waals surface area contributed by atoms with Gasteiger partial charge in [-0.05, 0) is 5.56 Å². The third-order valence-electron chi connectivity index (χ3n) is 2.43. The van der Waals surface area contributed by atoms with Crippen molar-refractivity contribution < 1.29 is 14.0 Å². The standard InChI is InChI=1S/C13H14N4O3S/c14-10(18)7-15-11(19)8-21-13-17-16-12(20-13)6-9-4-2-1-3-5-9/h1-5H,6-8H2,(H2,14,18)(H,15,19). The molecule has 1 heterocycles. The van der Waals surface area contributed by atoms with Crippen molar-refractivity contribution >= 4 is 23.6 Å². The Morgan fingerprint density at radius 3 is 2.71 bits per heavy atom. The molecule has 0 aliphatic rings. The van der Waals surface area contributed by atoms with Crippen LogP contribution in [0.15, 0.2) is 40.0 Å². The Kier molecular flexibility index (Phi) is 5.33. The Hall–Kier alpha value is -2.35. The van der Waals surface area contributed by atoms with Gasteiger partial charge in [-0.15, -0.1) is 10.2 Å². The van der Waals surface area contributed by atoms with E-state index in [1.54, 1.807) is 0 Å². The monoisotopic (exact) mass is 306 g/mol. The number of nitrogens with zero attached hydrogens (tertiary/aromatic N) is 2. The summed E-state index contributed by atoms with van der Waals surface area (Å²) in [4.78, 5) is 21.9. The number of hydrogen-bond donors (Lipinski definition) is 2. The summed E-state index contributed by atoms with van der Waals surface area (Å²) in [6.45, 7) is -0.178. The van der Waals surface area contributed by atoms with E-state index < -0.39 is 5.91 Å². The average molecular weight is 306 g/mol. The second-order valence-corrected chi connectivity index (χ2v) is 5.08. The topological polar surface area (TPSA) is 111 Å². The van der Waals surface area contributed by atoms with E-state index in [0.717, 1.165) is 17.3 Å². The number of nitrogens with one attached hydrogen (secondary N) is 1. The molecular weight excluding hydrogens is 292 g/mol. The number of thioether (sulfide) groups is 1. The SMILES string of the molecule is NC(=O)CNC(=O)CSc1nnc(Cc2ccccc2)o1. The molecule has 0 unspecified atom stereocenters. The summed E-state index contributed by atoms with van der Waals surface area (Å²) in [5, 5.41) is 10.5. The van der Waals surface area contributed by atoms with E-state index in [0.29, 0.717) is 17.5 Å². The molecule has 0 aliphatic carbocycles. The molecule has 1 aromatic carbocycles. The van der Waals surface area contributed by atoms with Crippen LogP contribution in [-0.2, 0) is 16.0 Å². The van der Waals surface area contributed by atoms with E-state index in [9.17, 15) is 9.59 Å². The molecule has 7 nitrogen and oxygen atoms in total. The molecule has 0 saturated carbocycles. The van der Waals surface area contributed by atoms with Gasteiger partial charge in [-0.1, -0.05) is 42.1 Å². The number of amides is 2. The van der Waals surface area contributed by atoms with Gasteiger partial charge in [-0.25, -0.2) is 0 Å². The van der Waals surface area contributed by atoms with E-state index in [1.807, 2.05) is 30.3 Å². The number of nitrogens with two attached hydrogens (primary N) is 1. The van der Waals surface area contributed by atoms with Crippen molar-refractivity contribution in [3.8, 4) is 0 Å². The molecule has 0 spiro atoms. The number of hydrogen-bond acceptors (Lipinski definition) is 6. The predicted molar refractivity (Wildman–Crippen MR) is 76.5 cm³/mol. The fourth-order valence-electron chi connectivity index (χ4n) is 1.50. The maximum Gasteiger partial charge on any atom is 0.277 e. The first kappa shape index (κ1) is 15.0. The predicted octanol–water partition coefficient (Wildman–Crippen LogP) is 0.354. The fourth-order valence-corrected chi connectivity index (χ4v) is 2.11. The van der Waals surface area contributed by atoms with Crippen molar-refractivity contribution in [3.63, 3.8) is 0 Å². The second-order valence-electron chi connectivity index (χ2n) is 4.16. The van der Waals surface area contributed by atoms with Crippen molar-refractivity contribution in [1.29, 1.82) is 0 Å². The first-order valence-corrected chi connectivity index (χ1v) is 7.16. The van der Waals surface area contributed by atoms with Crippen LogP contribution in [0, 0.1) is 0 Å². The number of primary amides is 1. The Morgan fingerprint density at radius 2 is 2.00 bits per heavy atom. The third kappa shape index (κ3) is 5.27. The van der Waals surface area contributed by atoms with Crippen molar-refractivity contribution in [1.82, 2.24) is 15.5 Å². The molecule has 21 heavy (non-hydrogen) atoms. The number of carbonyl (C=O) groups excluding carboxylic acids is 2. The number of aromatic nitrogens is 2. The summed E-state index contributed by atoms with van der Waals surface area (Å²) in [5.41, 5.74) is 5.99. The molecule has 0 fully saturated rings. The molecule has 0 aliphatic heterocycles. The minimum atomic E-state index is -0.587. The van der Waals surface area contributed by atoms with Gasteiger partial charge in [0.2, 0.25) is 17.7 Å². The maximum absolute atomic E-state index is 11.4. The minimum absolute atomic E-state index is 0.0836. The molecule has 1 aromatic heterocycles. The van der Waals surface area contributed by atoms with Gasteiger partial charge < -0.3 is 15.5 Å². The highest BCUT2D eigenvalue weighted by atomic mass is 32.2. The average Bonchev–Trinajstić information content (AvgIpc) is 2.91. The number of benzene rings is 1. The molecule has 0 radical (unpaired) electrons. The molecule has 0 saturated heterocycles. The first-order valence-electron chi connectivity index (χ1n) is 6.17. The Morgan fingerprint density at radius 1 is 1.24 bits per heavy atom. The lowest BCUT2D eigenvalue weighted by Gasteiger charge is -1.99. The van der Waals surface area contributed by atoms with Crippen LogP contribution < -0.4 is 11.1 Å². The van der Waals surface area contributed by atoms with Gasteiger partial charge in [0.1, 0.15) is 0 Å². The normalized spacial score (nSPS) is 10.3. The highest BCUT2D eigenvalue weighted by Crippen LogP contribution is 2.17. The lowest BCUT2D eigenvalue weighted by atomic mass is 10.2. The van der Waals surface area contributed by atoms with E-state index in [1.165, 1.54) is 0 Å². The van der Waals surface area contributed by atoms with Crippen LogP contribution in [-0.4, -0.2) is 34.3 Å². The van der Waals surface area contributed by atoms with Gasteiger partial charge in [0, 0.05) is 0 Å². The van der Waals surface area contributed by atoms with E-state index >= 15 is 0 Å². The van der Waals surface area contributed by atoms with Crippen molar-refractivity contribution in [2.75, 3.05) is 12.3 Å². The molecule has 8 heteroatoms. The summed E-state index contributed by atoms with van der Waals surface area (Å²) < 4.78 is 5.43.